The van der Waals surface area contributed by atoms with Crippen molar-refractivity contribution in [1.29, 1.82) is 0 Å². The molecule has 132 valence electrons. The Hall–Kier alpha value is -2.41. The molecule has 4 heterocycles. The first-order valence-electron chi connectivity index (χ1n) is 8.64. The van der Waals surface area contributed by atoms with E-state index in [4.69, 9.17) is 4.98 Å². The smallest absolute Gasteiger partial charge is 0.277 e. The van der Waals surface area contributed by atoms with Crippen LogP contribution in [0, 0.1) is 0 Å². The number of rotatable bonds is 2. The molecule has 0 aliphatic carbocycles. The number of nitrogens with one attached hydrogen (secondary N) is 1. The van der Waals surface area contributed by atoms with E-state index in [-0.39, 0.29) is 11.0 Å². The monoisotopic (exact) mass is 340 g/mol. The molecule has 7 heteroatoms. The number of imidazole rings is 1. The summed E-state index contributed by atoms with van der Waals surface area (Å²) in [6.45, 7) is 8.68. The van der Waals surface area contributed by atoms with Crippen molar-refractivity contribution in [2.45, 2.75) is 45.7 Å². The second kappa shape index (κ2) is 5.56. The van der Waals surface area contributed by atoms with Crippen molar-refractivity contribution in [2.75, 3.05) is 6.54 Å². The standard InChI is InChI=1S/C18H24N6O/c1-18(2,3)15-7-16-20-14-5-6-23(9-12-8-19-11-22(12)4)10-13(14)17(25)24(16)21-15/h7-8,11,21H,5-6,9-10H2,1-4H3. The molecule has 0 bridgehead atoms. The molecule has 0 saturated heterocycles. The Morgan fingerprint density at radius 3 is 2.80 bits per heavy atom. The van der Waals surface area contributed by atoms with E-state index in [1.54, 1.807) is 10.8 Å². The normalized spacial score (nSPS) is 15.7. The van der Waals surface area contributed by atoms with Gasteiger partial charge in [0.25, 0.3) is 5.56 Å². The maximum absolute atomic E-state index is 13.0. The van der Waals surface area contributed by atoms with Gasteiger partial charge in [0.05, 0.1) is 23.3 Å². The van der Waals surface area contributed by atoms with Gasteiger partial charge in [0.2, 0.25) is 0 Å². The van der Waals surface area contributed by atoms with E-state index in [0.717, 1.165) is 42.2 Å². The third kappa shape index (κ3) is 2.78. The largest absolute Gasteiger partial charge is 0.337 e. The molecule has 0 aromatic carbocycles. The third-order valence-electron chi connectivity index (χ3n) is 4.95. The van der Waals surface area contributed by atoms with E-state index < -0.39 is 0 Å². The molecule has 0 spiro atoms. The highest BCUT2D eigenvalue weighted by Gasteiger charge is 2.24. The fourth-order valence-electron chi connectivity index (χ4n) is 3.32. The molecule has 1 aliphatic rings. The summed E-state index contributed by atoms with van der Waals surface area (Å²) in [6.07, 6.45) is 4.49. The zero-order valence-electron chi connectivity index (χ0n) is 15.2. The van der Waals surface area contributed by atoms with Gasteiger partial charge >= 0.3 is 0 Å². The van der Waals surface area contributed by atoms with Crippen LogP contribution in [-0.2, 0) is 32.0 Å². The quantitative estimate of drug-likeness (QED) is 0.769. The van der Waals surface area contributed by atoms with Gasteiger partial charge in [-0.1, -0.05) is 20.8 Å². The lowest BCUT2D eigenvalue weighted by atomic mass is 9.93. The van der Waals surface area contributed by atoms with Gasteiger partial charge in [0.1, 0.15) is 0 Å². The van der Waals surface area contributed by atoms with Crippen LogP contribution in [0.2, 0.25) is 0 Å². The molecule has 3 aromatic heterocycles. The van der Waals surface area contributed by atoms with Crippen LogP contribution in [0.1, 0.15) is 43.4 Å². The number of nitrogens with zero attached hydrogens (tertiary/aromatic N) is 5. The highest BCUT2D eigenvalue weighted by molar-refractivity contribution is 5.43. The molecule has 3 aromatic rings. The molecule has 0 atom stereocenters. The second-order valence-corrected chi connectivity index (χ2v) is 7.91. The maximum atomic E-state index is 13.0. The highest BCUT2D eigenvalue weighted by Crippen LogP contribution is 2.22. The average molecular weight is 340 g/mol. The molecular weight excluding hydrogens is 316 g/mol. The number of fused-ring (bicyclic) bond motifs is 2. The molecule has 0 saturated carbocycles. The van der Waals surface area contributed by atoms with Crippen LogP contribution in [-0.4, -0.2) is 35.6 Å². The lowest BCUT2D eigenvalue weighted by molar-refractivity contribution is 0.236. The fourth-order valence-corrected chi connectivity index (χ4v) is 3.32. The van der Waals surface area contributed by atoms with Crippen molar-refractivity contribution in [3.8, 4) is 0 Å². The first-order chi connectivity index (χ1) is 11.8. The lowest BCUT2D eigenvalue weighted by Gasteiger charge is -2.27. The van der Waals surface area contributed by atoms with Crippen LogP contribution in [0.4, 0.5) is 0 Å². The number of aromatic nitrogens is 5. The van der Waals surface area contributed by atoms with Crippen LogP contribution in [0.15, 0.2) is 23.4 Å². The number of H-pyrrole nitrogens is 1. The average Bonchev–Trinajstić information content (AvgIpc) is 3.15. The predicted molar refractivity (Wildman–Crippen MR) is 95.5 cm³/mol. The lowest BCUT2D eigenvalue weighted by Crippen LogP contribution is -2.36. The fraction of sp³-hybridized carbons (Fsp3) is 0.500. The Morgan fingerprint density at radius 1 is 1.32 bits per heavy atom. The molecule has 0 amide bonds. The van der Waals surface area contributed by atoms with Crippen LogP contribution < -0.4 is 5.56 Å². The number of hydrogen-bond acceptors (Lipinski definition) is 4. The molecule has 1 aliphatic heterocycles. The van der Waals surface area contributed by atoms with Gasteiger partial charge in [0, 0.05) is 56.5 Å². The second-order valence-electron chi connectivity index (χ2n) is 7.91. The number of aromatic amines is 1. The molecule has 0 radical (unpaired) electrons. The van der Waals surface area contributed by atoms with Gasteiger partial charge < -0.3 is 4.57 Å². The van der Waals surface area contributed by atoms with Gasteiger partial charge in [-0.05, 0) is 0 Å². The summed E-state index contributed by atoms with van der Waals surface area (Å²) in [5.41, 5.74) is 4.59. The van der Waals surface area contributed by atoms with E-state index in [9.17, 15) is 4.79 Å². The van der Waals surface area contributed by atoms with Gasteiger partial charge in [-0.2, -0.15) is 0 Å². The van der Waals surface area contributed by atoms with Gasteiger partial charge in [0.15, 0.2) is 5.65 Å². The topological polar surface area (TPSA) is 71.2 Å². The first-order valence-corrected chi connectivity index (χ1v) is 8.64. The van der Waals surface area contributed by atoms with Crippen molar-refractivity contribution in [3.63, 3.8) is 0 Å². The molecule has 1 N–H and O–H groups in total. The van der Waals surface area contributed by atoms with Crippen LogP contribution >= 0.6 is 0 Å². The molecule has 7 nitrogen and oxygen atoms in total. The Labute approximate surface area is 146 Å². The third-order valence-corrected chi connectivity index (χ3v) is 4.95. The summed E-state index contributed by atoms with van der Waals surface area (Å²) in [7, 11) is 1.99. The highest BCUT2D eigenvalue weighted by atomic mass is 16.1. The molecule has 0 fully saturated rings. The van der Waals surface area contributed by atoms with E-state index in [2.05, 4.69) is 35.8 Å². The van der Waals surface area contributed by atoms with E-state index in [1.807, 2.05) is 23.9 Å². The summed E-state index contributed by atoms with van der Waals surface area (Å²) < 4.78 is 3.61. The summed E-state index contributed by atoms with van der Waals surface area (Å²) in [5, 5.41) is 3.23. The number of hydrogen-bond donors (Lipinski definition) is 1. The Morgan fingerprint density at radius 2 is 2.12 bits per heavy atom. The van der Waals surface area contributed by atoms with Gasteiger partial charge in [-0.3, -0.25) is 14.8 Å². The van der Waals surface area contributed by atoms with Crippen molar-refractivity contribution in [2.24, 2.45) is 7.05 Å². The van der Waals surface area contributed by atoms with E-state index in [1.165, 1.54) is 0 Å². The number of aryl methyl sites for hydroxylation is 1. The zero-order valence-corrected chi connectivity index (χ0v) is 15.2. The molecule has 0 unspecified atom stereocenters. The zero-order chi connectivity index (χ0) is 17.8. The SMILES string of the molecule is Cn1cncc1CN1CCc2nc3cc(C(C)(C)C)[nH]n3c(=O)c2C1. The van der Waals surface area contributed by atoms with Crippen LogP contribution in [0.5, 0.6) is 0 Å². The predicted octanol–water partition coefficient (Wildman–Crippen LogP) is 1.61. The van der Waals surface area contributed by atoms with Crippen molar-refractivity contribution in [1.82, 2.24) is 29.0 Å². The summed E-state index contributed by atoms with van der Waals surface area (Å²) in [4.78, 5) is 24.2. The minimum Gasteiger partial charge on any atom is -0.337 e. The maximum Gasteiger partial charge on any atom is 0.277 e. The summed E-state index contributed by atoms with van der Waals surface area (Å²) in [6, 6.07) is 1.99. The Balaban J connectivity index is 1.70. The molecular formula is C18H24N6O. The Kier molecular flexibility index (Phi) is 3.57. The van der Waals surface area contributed by atoms with Crippen molar-refractivity contribution < 1.29 is 0 Å². The van der Waals surface area contributed by atoms with Gasteiger partial charge in [-0.15, -0.1) is 0 Å². The van der Waals surface area contributed by atoms with Crippen molar-refractivity contribution >= 4 is 5.65 Å². The summed E-state index contributed by atoms with van der Waals surface area (Å²) >= 11 is 0. The van der Waals surface area contributed by atoms with E-state index >= 15 is 0 Å². The summed E-state index contributed by atoms with van der Waals surface area (Å²) in [5.74, 6) is 0. The van der Waals surface area contributed by atoms with Crippen molar-refractivity contribution in [3.05, 3.63) is 51.6 Å². The first kappa shape index (κ1) is 16.1. The minimum atomic E-state index is -0.0494. The van der Waals surface area contributed by atoms with E-state index in [0.29, 0.717) is 12.2 Å². The van der Waals surface area contributed by atoms with Crippen LogP contribution in [0.25, 0.3) is 5.65 Å². The van der Waals surface area contributed by atoms with Gasteiger partial charge in [-0.25, -0.2) is 14.5 Å². The minimum absolute atomic E-state index is 0.0187. The van der Waals surface area contributed by atoms with Crippen LogP contribution in [0.3, 0.4) is 0 Å². The molecule has 4 rings (SSSR count). The molecule has 25 heavy (non-hydrogen) atoms. The Bertz CT molecular complexity index is 987.